The van der Waals surface area contributed by atoms with Gasteiger partial charge in [-0.3, -0.25) is 4.79 Å². The lowest BCUT2D eigenvalue weighted by Gasteiger charge is -2.33. The molecule has 0 aliphatic carbocycles. The third kappa shape index (κ3) is 2.02. The second-order valence-electron chi connectivity index (χ2n) is 3.68. The highest BCUT2D eigenvalue weighted by Gasteiger charge is 2.18. The molecule has 2 rings (SSSR count). The van der Waals surface area contributed by atoms with E-state index in [-0.39, 0.29) is 0 Å². The van der Waals surface area contributed by atoms with Crippen LogP contribution in [0, 0.1) is 6.92 Å². The molecule has 0 spiro atoms. The molecule has 7 nitrogen and oxygen atoms in total. The molecule has 1 aliphatic heterocycles. The maximum absolute atomic E-state index is 11.1. The zero-order chi connectivity index (χ0) is 11.5. The second kappa shape index (κ2) is 4.30. The first kappa shape index (κ1) is 10.6. The molecule has 0 aromatic carbocycles. The summed E-state index contributed by atoms with van der Waals surface area (Å²) in [6, 6.07) is 0. The number of piperazine rings is 1. The van der Waals surface area contributed by atoms with Crippen molar-refractivity contribution in [2.45, 2.75) is 6.92 Å². The maximum atomic E-state index is 11.1. The first-order valence-electron chi connectivity index (χ1n) is 5.08. The Balaban J connectivity index is 2.16. The van der Waals surface area contributed by atoms with Crippen LogP contribution in [-0.2, 0) is 4.79 Å². The molecule has 1 aromatic rings. The van der Waals surface area contributed by atoms with E-state index in [1.165, 1.54) is 0 Å². The van der Waals surface area contributed by atoms with Gasteiger partial charge in [0.05, 0.1) is 0 Å². The van der Waals surface area contributed by atoms with Crippen LogP contribution in [-0.4, -0.2) is 52.7 Å². The lowest BCUT2D eigenvalue weighted by atomic mass is 10.3. The Bertz CT molecular complexity index is 436. The van der Waals surface area contributed by atoms with E-state index in [1.54, 1.807) is 11.8 Å². The number of nitrogens with zero attached hydrogens (tertiary/aromatic N) is 4. The number of anilines is 1. The molecular weight excluding hydrogens is 210 g/mol. The number of rotatable bonds is 2. The van der Waals surface area contributed by atoms with E-state index in [9.17, 15) is 9.59 Å². The van der Waals surface area contributed by atoms with Crippen molar-refractivity contribution in [1.82, 2.24) is 20.1 Å². The first-order chi connectivity index (χ1) is 7.70. The molecule has 0 saturated carbocycles. The molecule has 1 amide bonds. The van der Waals surface area contributed by atoms with Crippen molar-refractivity contribution in [2.75, 3.05) is 31.1 Å². The van der Waals surface area contributed by atoms with Crippen molar-refractivity contribution >= 4 is 12.2 Å². The molecular formula is C9H13N5O2. The van der Waals surface area contributed by atoms with E-state index in [1.807, 2.05) is 4.90 Å². The van der Waals surface area contributed by atoms with Gasteiger partial charge in [0.1, 0.15) is 5.69 Å². The number of nitrogens with one attached hydrogen (secondary N) is 1. The van der Waals surface area contributed by atoms with E-state index < -0.39 is 5.69 Å². The molecule has 86 valence electrons. The van der Waals surface area contributed by atoms with Crippen LogP contribution in [0.15, 0.2) is 4.79 Å². The van der Waals surface area contributed by atoms with Crippen molar-refractivity contribution in [2.24, 2.45) is 0 Å². The number of aryl methyl sites for hydroxylation is 1. The van der Waals surface area contributed by atoms with Crippen LogP contribution >= 0.6 is 0 Å². The third-order valence-electron chi connectivity index (χ3n) is 2.61. The van der Waals surface area contributed by atoms with Gasteiger partial charge in [0.25, 0.3) is 0 Å². The Morgan fingerprint density at radius 2 is 2.00 bits per heavy atom. The summed E-state index contributed by atoms with van der Waals surface area (Å²) in [5, 5.41) is 6.16. The van der Waals surface area contributed by atoms with Crippen molar-refractivity contribution < 1.29 is 4.79 Å². The second-order valence-corrected chi connectivity index (χ2v) is 3.68. The van der Waals surface area contributed by atoms with Gasteiger partial charge in [-0.1, -0.05) is 0 Å². The van der Waals surface area contributed by atoms with Crippen molar-refractivity contribution in [1.29, 1.82) is 0 Å². The Morgan fingerprint density at radius 3 is 2.62 bits per heavy atom. The van der Waals surface area contributed by atoms with Gasteiger partial charge >= 0.3 is 5.69 Å². The number of carbonyl (C=O) groups is 1. The van der Waals surface area contributed by atoms with Gasteiger partial charge in [0.2, 0.25) is 6.41 Å². The number of aromatic amines is 1. The number of H-pyrrole nitrogens is 1. The van der Waals surface area contributed by atoms with Gasteiger partial charge in [-0.2, -0.15) is 10.1 Å². The SMILES string of the molecule is Cc1n[nH]c(=O)nc1N1CCN(C=O)CC1. The number of aromatic nitrogens is 3. The summed E-state index contributed by atoms with van der Waals surface area (Å²) >= 11 is 0. The fourth-order valence-electron chi connectivity index (χ4n) is 1.72. The van der Waals surface area contributed by atoms with E-state index in [2.05, 4.69) is 15.2 Å². The highest BCUT2D eigenvalue weighted by Crippen LogP contribution is 2.13. The topological polar surface area (TPSA) is 82.2 Å². The summed E-state index contributed by atoms with van der Waals surface area (Å²) in [4.78, 5) is 29.2. The van der Waals surface area contributed by atoms with Crippen molar-refractivity contribution in [3.8, 4) is 0 Å². The van der Waals surface area contributed by atoms with Crippen LogP contribution in [0.25, 0.3) is 0 Å². The normalized spacial score (nSPS) is 16.3. The predicted octanol–water partition coefficient (Wildman–Crippen LogP) is -1.25. The van der Waals surface area contributed by atoms with Gasteiger partial charge in [0, 0.05) is 26.2 Å². The lowest BCUT2D eigenvalue weighted by Crippen LogP contribution is -2.46. The van der Waals surface area contributed by atoms with Crippen LogP contribution < -0.4 is 10.6 Å². The van der Waals surface area contributed by atoms with E-state index in [0.29, 0.717) is 37.7 Å². The van der Waals surface area contributed by atoms with Gasteiger partial charge in [-0.25, -0.2) is 9.89 Å². The molecule has 1 aliphatic rings. The molecule has 0 bridgehead atoms. The van der Waals surface area contributed by atoms with Gasteiger partial charge < -0.3 is 9.80 Å². The van der Waals surface area contributed by atoms with Gasteiger partial charge in [0.15, 0.2) is 5.82 Å². The minimum atomic E-state index is -0.446. The summed E-state index contributed by atoms with van der Waals surface area (Å²) in [6.45, 7) is 4.45. The van der Waals surface area contributed by atoms with E-state index in [4.69, 9.17) is 0 Å². The average molecular weight is 223 g/mol. The fourth-order valence-corrected chi connectivity index (χ4v) is 1.72. The minimum absolute atomic E-state index is 0.446. The molecule has 0 unspecified atom stereocenters. The quantitative estimate of drug-likeness (QED) is 0.634. The summed E-state index contributed by atoms with van der Waals surface area (Å²) in [5.74, 6) is 0.606. The van der Waals surface area contributed by atoms with Crippen LogP contribution in [0.3, 0.4) is 0 Å². The molecule has 1 saturated heterocycles. The summed E-state index contributed by atoms with van der Waals surface area (Å²) in [7, 11) is 0. The summed E-state index contributed by atoms with van der Waals surface area (Å²) < 4.78 is 0. The highest BCUT2D eigenvalue weighted by atomic mass is 16.1. The molecule has 2 heterocycles. The largest absolute Gasteiger partial charge is 0.363 e. The standard InChI is InChI=1S/C9H13N5O2/c1-7-8(10-9(16)12-11-7)14-4-2-13(6-15)3-5-14/h6H,2-5H2,1H3,(H,10,12,16). The Morgan fingerprint density at radius 1 is 1.31 bits per heavy atom. The van der Waals surface area contributed by atoms with E-state index >= 15 is 0 Å². The van der Waals surface area contributed by atoms with Crippen molar-refractivity contribution in [3.05, 3.63) is 16.2 Å². The minimum Gasteiger partial charge on any atom is -0.351 e. The zero-order valence-corrected chi connectivity index (χ0v) is 9.01. The molecule has 1 aromatic heterocycles. The smallest absolute Gasteiger partial charge is 0.351 e. The molecule has 16 heavy (non-hydrogen) atoms. The van der Waals surface area contributed by atoms with Crippen LogP contribution in [0.5, 0.6) is 0 Å². The molecule has 1 N–H and O–H groups in total. The Kier molecular flexibility index (Phi) is 2.84. The number of hydrogen-bond donors (Lipinski definition) is 1. The average Bonchev–Trinajstić information content (AvgIpc) is 2.32. The number of carbonyl (C=O) groups excluding carboxylic acids is 1. The van der Waals surface area contributed by atoms with Gasteiger partial charge in [-0.15, -0.1) is 0 Å². The molecule has 1 fully saturated rings. The number of amides is 1. The third-order valence-corrected chi connectivity index (χ3v) is 2.61. The first-order valence-corrected chi connectivity index (χ1v) is 5.08. The van der Waals surface area contributed by atoms with Crippen molar-refractivity contribution in [3.63, 3.8) is 0 Å². The monoisotopic (exact) mass is 223 g/mol. The van der Waals surface area contributed by atoms with Crippen LogP contribution in [0.1, 0.15) is 5.69 Å². The molecule has 7 heteroatoms. The fraction of sp³-hybridized carbons (Fsp3) is 0.556. The van der Waals surface area contributed by atoms with Gasteiger partial charge in [-0.05, 0) is 6.92 Å². The lowest BCUT2D eigenvalue weighted by molar-refractivity contribution is -0.118. The summed E-state index contributed by atoms with van der Waals surface area (Å²) in [5.41, 5.74) is 0.248. The maximum Gasteiger partial charge on any atom is 0.363 e. The Hall–Kier alpha value is -1.92. The van der Waals surface area contributed by atoms with Crippen LogP contribution in [0.2, 0.25) is 0 Å². The Labute approximate surface area is 92.1 Å². The highest BCUT2D eigenvalue weighted by molar-refractivity contribution is 5.49. The van der Waals surface area contributed by atoms with E-state index in [0.717, 1.165) is 6.41 Å². The molecule has 0 atom stereocenters. The summed E-state index contributed by atoms with van der Waals surface area (Å²) in [6.07, 6.45) is 0.841. The van der Waals surface area contributed by atoms with Crippen LogP contribution in [0.4, 0.5) is 5.82 Å². The predicted molar refractivity (Wildman–Crippen MR) is 57.2 cm³/mol. The number of hydrogen-bond acceptors (Lipinski definition) is 5. The molecule has 0 radical (unpaired) electrons. The zero-order valence-electron chi connectivity index (χ0n) is 9.01.